The summed E-state index contributed by atoms with van der Waals surface area (Å²) in [6.45, 7) is 0. The molecule has 0 spiro atoms. The van der Waals surface area contributed by atoms with Crippen LogP contribution in [0.2, 0.25) is 0 Å². The smallest absolute Gasteiger partial charge is 0.267 e. The van der Waals surface area contributed by atoms with E-state index in [1.807, 2.05) is 72.8 Å². The van der Waals surface area contributed by atoms with Crippen LogP contribution in [0, 0.1) is 0 Å². The van der Waals surface area contributed by atoms with Crippen LogP contribution in [-0.4, -0.2) is 14.6 Å². The molecule has 0 N–H and O–H groups in total. The highest BCUT2D eigenvalue weighted by Crippen LogP contribution is 2.32. The average molecular weight is 355 g/mol. The number of fused-ring (bicyclic) bond motifs is 4. The zero-order valence-electron chi connectivity index (χ0n) is 13.7. The van der Waals surface area contributed by atoms with E-state index >= 15 is 0 Å². The van der Waals surface area contributed by atoms with Crippen molar-refractivity contribution in [3.63, 3.8) is 0 Å². The fourth-order valence-corrected chi connectivity index (χ4v) is 4.00. The Morgan fingerprint density at radius 3 is 2.19 bits per heavy atom. The van der Waals surface area contributed by atoms with E-state index < -0.39 is 0 Å². The molecule has 0 unspecified atom stereocenters. The Balaban J connectivity index is 1.89. The molecule has 0 atom stereocenters. The second kappa shape index (κ2) is 5.97. The van der Waals surface area contributed by atoms with E-state index in [1.54, 1.807) is 17.8 Å². The first kappa shape index (κ1) is 15.1. The van der Waals surface area contributed by atoms with Crippen molar-refractivity contribution < 1.29 is 0 Å². The molecule has 2 aromatic heterocycles. The van der Waals surface area contributed by atoms with Gasteiger partial charge in [0, 0.05) is 15.7 Å². The normalized spacial score (nSPS) is 11.4. The lowest BCUT2D eigenvalue weighted by Gasteiger charge is -2.10. The Kier molecular flexibility index (Phi) is 3.47. The van der Waals surface area contributed by atoms with E-state index in [9.17, 15) is 4.79 Å². The molecular formula is C21H13N3OS. The molecule has 0 aliphatic rings. The number of aromatic nitrogens is 3. The Labute approximate surface area is 153 Å². The summed E-state index contributed by atoms with van der Waals surface area (Å²) in [4.78, 5) is 18.8. The third kappa shape index (κ3) is 2.36. The third-order valence-corrected chi connectivity index (χ3v) is 5.30. The number of para-hydroxylation sites is 1. The maximum absolute atomic E-state index is 13.0. The van der Waals surface area contributed by atoms with Gasteiger partial charge in [-0.2, -0.15) is 9.61 Å². The number of hydrogen-bond acceptors (Lipinski definition) is 4. The quantitative estimate of drug-likeness (QED) is 0.344. The summed E-state index contributed by atoms with van der Waals surface area (Å²) in [6.07, 6.45) is 0. The maximum atomic E-state index is 13.0. The first-order valence-electron chi connectivity index (χ1n) is 8.25. The predicted octanol–water partition coefficient (Wildman–Crippen LogP) is 4.55. The van der Waals surface area contributed by atoms with E-state index in [0.29, 0.717) is 16.6 Å². The minimum atomic E-state index is -0.147. The van der Waals surface area contributed by atoms with Crippen LogP contribution in [0.15, 0.2) is 93.6 Å². The number of benzene rings is 3. The van der Waals surface area contributed by atoms with Crippen LogP contribution in [-0.2, 0) is 0 Å². The van der Waals surface area contributed by atoms with Crippen LogP contribution >= 0.6 is 11.8 Å². The SMILES string of the molecule is O=c1c2ccccc2nc2c3ccccc3c(Sc3ccccc3)nn12. The zero-order valence-corrected chi connectivity index (χ0v) is 14.5. The molecule has 0 fully saturated rings. The summed E-state index contributed by atoms with van der Waals surface area (Å²) in [6, 6.07) is 25.4. The van der Waals surface area contributed by atoms with Crippen molar-refractivity contribution >= 4 is 39.1 Å². The summed E-state index contributed by atoms with van der Waals surface area (Å²) >= 11 is 1.55. The number of hydrogen-bond donors (Lipinski definition) is 0. The van der Waals surface area contributed by atoms with E-state index in [1.165, 1.54) is 4.52 Å². The second-order valence-corrected chi connectivity index (χ2v) is 7.00. The van der Waals surface area contributed by atoms with Crippen LogP contribution in [0.4, 0.5) is 0 Å². The summed E-state index contributed by atoms with van der Waals surface area (Å²) in [5.74, 6) is 0. The van der Waals surface area contributed by atoms with Crippen LogP contribution in [0.5, 0.6) is 0 Å². The molecule has 0 aliphatic heterocycles. The molecule has 0 bridgehead atoms. The Hall–Kier alpha value is -3.18. The number of nitrogens with zero attached hydrogens (tertiary/aromatic N) is 3. The highest BCUT2D eigenvalue weighted by molar-refractivity contribution is 7.99. The van der Waals surface area contributed by atoms with Crippen molar-refractivity contribution in [1.82, 2.24) is 14.6 Å². The van der Waals surface area contributed by atoms with Gasteiger partial charge in [0.15, 0.2) is 5.65 Å². The van der Waals surface area contributed by atoms with Gasteiger partial charge in [-0.15, -0.1) is 0 Å². The van der Waals surface area contributed by atoms with Gasteiger partial charge in [-0.3, -0.25) is 4.79 Å². The van der Waals surface area contributed by atoms with Crippen LogP contribution < -0.4 is 5.56 Å². The van der Waals surface area contributed by atoms with Gasteiger partial charge in [0.05, 0.1) is 10.9 Å². The van der Waals surface area contributed by atoms with Crippen molar-refractivity contribution in [2.45, 2.75) is 9.92 Å². The van der Waals surface area contributed by atoms with E-state index in [4.69, 9.17) is 4.98 Å². The van der Waals surface area contributed by atoms with Gasteiger partial charge >= 0.3 is 0 Å². The van der Waals surface area contributed by atoms with E-state index in [2.05, 4.69) is 5.10 Å². The lowest BCUT2D eigenvalue weighted by atomic mass is 10.2. The Bertz CT molecular complexity index is 1330. The molecule has 5 heteroatoms. The zero-order chi connectivity index (χ0) is 17.5. The largest absolute Gasteiger partial charge is 0.282 e. The molecule has 0 saturated carbocycles. The highest BCUT2D eigenvalue weighted by atomic mass is 32.2. The third-order valence-electron chi connectivity index (χ3n) is 4.30. The lowest BCUT2D eigenvalue weighted by molar-refractivity contribution is 0.835. The summed E-state index contributed by atoms with van der Waals surface area (Å²) in [5.41, 5.74) is 1.13. The van der Waals surface area contributed by atoms with Gasteiger partial charge in [0.25, 0.3) is 5.56 Å². The second-order valence-electron chi connectivity index (χ2n) is 5.94. The van der Waals surface area contributed by atoms with Gasteiger partial charge < -0.3 is 0 Å². The van der Waals surface area contributed by atoms with Gasteiger partial charge in [-0.05, 0) is 24.3 Å². The fraction of sp³-hybridized carbons (Fsp3) is 0. The molecular weight excluding hydrogens is 342 g/mol. The molecule has 124 valence electrons. The molecule has 5 rings (SSSR count). The van der Waals surface area contributed by atoms with Crippen molar-refractivity contribution in [2.24, 2.45) is 0 Å². The highest BCUT2D eigenvalue weighted by Gasteiger charge is 2.13. The molecule has 5 aromatic rings. The Morgan fingerprint density at radius 1 is 0.731 bits per heavy atom. The number of rotatable bonds is 2. The molecule has 2 heterocycles. The van der Waals surface area contributed by atoms with E-state index in [-0.39, 0.29) is 5.56 Å². The van der Waals surface area contributed by atoms with E-state index in [0.717, 1.165) is 20.7 Å². The summed E-state index contributed by atoms with van der Waals surface area (Å²) in [7, 11) is 0. The molecule has 0 radical (unpaired) electrons. The first-order chi connectivity index (χ1) is 12.8. The van der Waals surface area contributed by atoms with Crippen LogP contribution in [0.1, 0.15) is 0 Å². The minimum absolute atomic E-state index is 0.147. The van der Waals surface area contributed by atoms with Gasteiger partial charge in [0.2, 0.25) is 0 Å². The summed E-state index contributed by atoms with van der Waals surface area (Å²) < 4.78 is 1.43. The van der Waals surface area contributed by atoms with Crippen LogP contribution in [0.3, 0.4) is 0 Å². The lowest BCUT2D eigenvalue weighted by Crippen LogP contribution is -2.18. The monoisotopic (exact) mass is 355 g/mol. The topological polar surface area (TPSA) is 47.3 Å². The van der Waals surface area contributed by atoms with Gasteiger partial charge in [-0.1, -0.05) is 66.4 Å². The predicted molar refractivity (Wildman–Crippen MR) is 105 cm³/mol. The van der Waals surface area contributed by atoms with Crippen molar-refractivity contribution in [1.29, 1.82) is 0 Å². The molecule has 3 aromatic carbocycles. The molecule has 0 amide bonds. The van der Waals surface area contributed by atoms with Gasteiger partial charge in [0.1, 0.15) is 5.03 Å². The standard InChI is InChI=1S/C21H13N3OS/c25-21-17-12-6-7-13-18(17)22-19-15-10-4-5-11-16(15)20(23-24(19)21)26-14-8-2-1-3-9-14/h1-13H. The molecule has 0 aliphatic carbocycles. The molecule has 0 saturated heterocycles. The average Bonchev–Trinajstić information content (AvgIpc) is 2.70. The first-order valence-corrected chi connectivity index (χ1v) is 9.06. The minimum Gasteiger partial charge on any atom is -0.267 e. The van der Waals surface area contributed by atoms with Crippen molar-refractivity contribution in [3.8, 4) is 0 Å². The van der Waals surface area contributed by atoms with Crippen molar-refractivity contribution in [2.75, 3.05) is 0 Å². The Morgan fingerprint density at radius 2 is 1.38 bits per heavy atom. The fourth-order valence-electron chi connectivity index (χ4n) is 3.08. The van der Waals surface area contributed by atoms with Crippen LogP contribution in [0.25, 0.3) is 27.3 Å². The maximum Gasteiger partial charge on any atom is 0.282 e. The van der Waals surface area contributed by atoms with Crippen molar-refractivity contribution in [3.05, 3.63) is 89.2 Å². The molecule has 4 nitrogen and oxygen atoms in total. The summed E-state index contributed by atoms with van der Waals surface area (Å²) in [5, 5.41) is 7.93. The van der Waals surface area contributed by atoms with Gasteiger partial charge in [-0.25, -0.2) is 4.98 Å². The molecule has 26 heavy (non-hydrogen) atoms.